The highest BCUT2D eigenvalue weighted by atomic mass is 32.2. The fourth-order valence-corrected chi connectivity index (χ4v) is 5.79. The summed E-state index contributed by atoms with van der Waals surface area (Å²) in [5.41, 5.74) is -2.80. The van der Waals surface area contributed by atoms with Crippen molar-refractivity contribution in [3.8, 4) is 16.9 Å². The molecular weight excluding hydrogens is 517 g/mol. The van der Waals surface area contributed by atoms with Crippen LogP contribution in [0.2, 0.25) is 0 Å². The molecule has 0 amide bonds. The lowest BCUT2D eigenvalue weighted by atomic mass is 9.92. The Hall–Kier alpha value is -3.34. The Labute approximate surface area is 212 Å². The molecule has 0 saturated heterocycles. The molecule has 2 aromatic carbocycles. The number of rotatable bonds is 6. The number of hydrogen-bond donors (Lipinski definition) is 1. The molecule has 4 rings (SSSR count). The summed E-state index contributed by atoms with van der Waals surface area (Å²) < 4.78 is 77.9. The van der Waals surface area contributed by atoms with Gasteiger partial charge in [0, 0.05) is 23.3 Å². The molecule has 1 N–H and O–H groups in total. The number of aromatic nitrogens is 1. The van der Waals surface area contributed by atoms with Gasteiger partial charge in [-0.15, -0.1) is 11.8 Å². The minimum Gasteiger partial charge on any atom is -0.488 e. The van der Waals surface area contributed by atoms with Crippen molar-refractivity contribution in [1.82, 2.24) is 4.57 Å². The van der Waals surface area contributed by atoms with E-state index in [-0.39, 0.29) is 38.8 Å². The molecule has 5 nitrogen and oxygen atoms in total. The number of carbonyl (C=O) groups is 1. The van der Waals surface area contributed by atoms with Gasteiger partial charge >= 0.3 is 12.1 Å². The Morgan fingerprint density at radius 2 is 1.84 bits per heavy atom. The zero-order valence-corrected chi connectivity index (χ0v) is 20.8. The van der Waals surface area contributed by atoms with Crippen molar-refractivity contribution in [3.05, 3.63) is 80.6 Å². The normalized spacial score (nSPS) is 15.2. The number of benzene rings is 2. The summed E-state index contributed by atoms with van der Waals surface area (Å²) >= 11 is 0.977. The molecule has 37 heavy (non-hydrogen) atoms. The fraction of sp³-hybridized carbons (Fsp3) is 0.308. The summed E-state index contributed by atoms with van der Waals surface area (Å²) in [5, 5.41) is 9.83. The van der Waals surface area contributed by atoms with Crippen molar-refractivity contribution >= 4 is 17.7 Å². The number of halogens is 5. The lowest BCUT2D eigenvalue weighted by Gasteiger charge is -2.21. The number of carboxylic acid groups (broad SMARTS) is 1. The van der Waals surface area contributed by atoms with Gasteiger partial charge in [-0.3, -0.25) is 9.36 Å². The van der Waals surface area contributed by atoms with E-state index in [4.69, 9.17) is 4.74 Å². The van der Waals surface area contributed by atoms with Crippen LogP contribution in [-0.4, -0.2) is 27.5 Å². The number of pyridine rings is 1. The van der Waals surface area contributed by atoms with Crippen LogP contribution >= 0.6 is 11.8 Å². The van der Waals surface area contributed by atoms with Gasteiger partial charge in [0.1, 0.15) is 11.9 Å². The van der Waals surface area contributed by atoms with E-state index in [1.54, 1.807) is 13.8 Å². The van der Waals surface area contributed by atoms with Crippen LogP contribution in [0.15, 0.2) is 46.2 Å². The first-order chi connectivity index (χ1) is 17.3. The Kier molecular flexibility index (Phi) is 7.11. The van der Waals surface area contributed by atoms with E-state index >= 15 is 4.39 Å². The van der Waals surface area contributed by atoms with Gasteiger partial charge in [-0.05, 0) is 50.1 Å². The molecule has 0 bridgehead atoms. The number of fused-ring (bicyclic) bond motifs is 1. The van der Waals surface area contributed by atoms with Crippen LogP contribution in [0.1, 0.15) is 42.1 Å². The second-order valence-electron chi connectivity index (χ2n) is 8.85. The maximum atomic E-state index is 15.5. The average Bonchev–Trinajstić information content (AvgIpc) is 3.24. The van der Waals surface area contributed by atoms with Crippen molar-refractivity contribution in [2.75, 3.05) is 5.75 Å². The third kappa shape index (κ3) is 4.84. The molecule has 3 aromatic rings. The van der Waals surface area contributed by atoms with Crippen LogP contribution in [0.5, 0.6) is 5.75 Å². The molecule has 1 atom stereocenters. The summed E-state index contributed by atoms with van der Waals surface area (Å²) in [5.74, 6) is -3.51. The fourth-order valence-electron chi connectivity index (χ4n) is 4.44. The highest BCUT2D eigenvalue weighted by Crippen LogP contribution is 2.42. The van der Waals surface area contributed by atoms with E-state index in [1.807, 2.05) is 0 Å². The van der Waals surface area contributed by atoms with Gasteiger partial charge in [-0.1, -0.05) is 18.2 Å². The Morgan fingerprint density at radius 3 is 2.46 bits per heavy atom. The molecule has 0 radical (unpaired) electrons. The number of nitrogens with zero attached hydrogens (tertiary/aromatic N) is 1. The Balaban J connectivity index is 2.03. The Morgan fingerprint density at radius 1 is 1.16 bits per heavy atom. The van der Waals surface area contributed by atoms with Crippen LogP contribution in [-0.2, 0) is 17.4 Å². The summed E-state index contributed by atoms with van der Waals surface area (Å²) in [6.45, 7) is 4.80. The minimum atomic E-state index is -4.85. The highest BCUT2D eigenvalue weighted by molar-refractivity contribution is 7.99. The lowest BCUT2D eigenvalue weighted by molar-refractivity contribution is -0.140. The van der Waals surface area contributed by atoms with Gasteiger partial charge in [0.25, 0.3) is 5.56 Å². The summed E-state index contributed by atoms with van der Waals surface area (Å²) in [6, 6.07) is 5.40. The van der Waals surface area contributed by atoms with Gasteiger partial charge in [-0.25, -0.2) is 13.6 Å². The monoisotopic (exact) mass is 539 g/mol. The van der Waals surface area contributed by atoms with Crippen molar-refractivity contribution in [1.29, 1.82) is 0 Å². The zero-order chi connectivity index (χ0) is 27.2. The molecule has 1 aromatic heterocycles. The average molecular weight is 540 g/mol. The predicted octanol–water partition coefficient (Wildman–Crippen LogP) is 6.23. The molecule has 1 aliphatic rings. The first-order valence-corrected chi connectivity index (χ1v) is 12.2. The smallest absolute Gasteiger partial charge is 0.416 e. The van der Waals surface area contributed by atoms with Crippen LogP contribution in [0.25, 0.3) is 11.1 Å². The third-order valence-corrected chi connectivity index (χ3v) is 7.28. The summed E-state index contributed by atoms with van der Waals surface area (Å²) in [4.78, 5) is 25.5. The van der Waals surface area contributed by atoms with E-state index in [2.05, 4.69) is 0 Å². The number of thioether (sulfide) groups is 1. The van der Waals surface area contributed by atoms with Crippen molar-refractivity contribution < 1.29 is 36.6 Å². The second kappa shape index (κ2) is 9.85. The van der Waals surface area contributed by atoms with Gasteiger partial charge in [-0.2, -0.15) is 13.2 Å². The van der Waals surface area contributed by atoms with E-state index in [0.29, 0.717) is 0 Å². The van der Waals surface area contributed by atoms with Crippen LogP contribution < -0.4 is 10.3 Å². The second-order valence-corrected chi connectivity index (χ2v) is 9.86. The SMILES string of the molecule is Cc1c(Cc2c(F)cccc2C(F)(F)F)c2n(c(=O)c1-c1cccc(OC(C)C)c1F)C(C(=O)O)CS2. The standard InChI is InChI=1S/C26H22F5NO4S/c1-12(2)36-20-9-4-6-14(22(20)28)21-13(3)15(24-32(23(21)33)19(11-37-24)25(34)35)10-16-17(26(29,30)31)7-5-8-18(16)27/h4-9,12,19H,10-11H2,1-3H3,(H,34,35). The summed E-state index contributed by atoms with van der Waals surface area (Å²) in [6.07, 6.45) is -5.83. The molecule has 1 unspecified atom stereocenters. The molecule has 0 saturated carbocycles. The van der Waals surface area contributed by atoms with Crippen molar-refractivity contribution in [2.24, 2.45) is 0 Å². The van der Waals surface area contributed by atoms with Crippen LogP contribution in [0.3, 0.4) is 0 Å². The first-order valence-electron chi connectivity index (χ1n) is 11.3. The summed E-state index contributed by atoms with van der Waals surface area (Å²) in [7, 11) is 0. The number of carboxylic acids is 1. The number of ether oxygens (including phenoxy) is 1. The quantitative estimate of drug-likeness (QED) is 0.376. The van der Waals surface area contributed by atoms with Crippen molar-refractivity contribution in [2.45, 2.75) is 50.5 Å². The van der Waals surface area contributed by atoms with Gasteiger partial charge in [0.05, 0.1) is 22.3 Å². The van der Waals surface area contributed by atoms with E-state index in [9.17, 15) is 32.3 Å². The van der Waals surface area contributed by atoms with Gasteiger partial charge in [0.15, 0.2) is 11.6 Å². The number of alkyl halides is 3. The van der Waals surface area contributed by atoms with Crippen molar-refractivity contribution in [3.63, 3.8) is 0 Å². The maximum Gasteiger partial charge on any atom is 0.416 e. The van der Waals surface area contributed by atoms with Crippen LogP contribution in [0.4, 0.5) is 22.0 Å². The molecule has 0 fully saturated rings. The Bertz CT molecular complexity index is 1450. The number of aliphatic carboxylic acids is 1. The minimum absolute atomic E-state index is 0.0666. The predicted molar refractivity (Wildman–Crippen MR) is 128 cm³/mol. The van der Waals surface area contributed by atoms with E-state index in [1.165, 1.54) is 25.1 Å². The van der Waals surface area contributed by atoms with E-state index in [0.717, 1.165) is 34.5 Å². The lowest BCUT2D eigenvalue weighted by Crippen LogP contribution is -2.31. The molecule has 1 aliphatic heterocycles. The van der Waals surface area contributed by atoms with Gasteiger partial charge in [0.2, 0.25) is 0 Å². The highest BCUT2D eigenvalue weighted by Gasteiger charge is 2.38. The molecular formula is C26H22F5NO4S. The molecule has 0 spiro atoms. The van der Waals surface area contributed by atoms with Gasteiger partial charge < -0.3 is 9.84 Å². The molecule has 2 heterocycles. The van der Waals surface area contributed by atoms with Crippen LogP contribution in [0, 0.1) is 18.6 Å². The topological polar surface area (TPSA) is 68.5 Å². The molecule has 11 heteroatoms. The van der Waals surface area contributed by atoms with E-state index < -0.39 is 59.0 Å². The zero-order valence-electron chi connectivity index (χ0n) is 20.0. The number of hydrogen-bond acceptors (Lipinski definition) is 4. The first kappa shape index (κ1) is 26.7. The largest absolute Gasteiger partial charge is 0.488 e. The maximum absolute atomic E-state index is 15.5. The third-order valence-electron chi connectivity index (χ3n) is 6.09. The molecule has 0 aliphatic carbocycles. The molecule has 196 valence electrons.